The lowest BCUT2D eigenvalue weighted by molar-refractivity contribution is -0.131. The van der Waals surface area contributed by atoms with E-state index in [1.54, 1.807) is 6.20 Å². The number of carbonyl (C=O) groups excluding carboxylic acids is 1. The Balaban J connectivity index is 1.39. The van der Waals surface area contributed by atoms with Crippen molar-refractivity contribution in [1.82, 2.24) is 19.9 Å². The second-order valence-electron chi connectivity index (χ2n) is 6.78. The minimum atomic E-state index is 0.199. The van der Waals surface area contributed by atoms with Gasteiger partial charge in [-0.2, -0.15) is 0 Å². The number of carbonyl (C=O) groups is 1. The highest BCUT2D eigenvalue weighted by Crippen LogP contribution is 2.32. The Kier molecular flexibility index (Phi) is 4.22. The molecule has 0 aliphatic carbocycles. The van der Waals surface area contributed by atoms with Crippen LogP contribution in [0, 0.1) is 6.92 Å². The highest BCUT2D eigenvalue weighted by Gasteiger charge is 2.25. The second kappa shape index (κ2) is 6.67. The molecule has 128 valence electrons. The summed E-state index contributed by atoms with van der Waals surface area (Å²) in [6.45, 7) is 3.59. The summed E-state index contributed by atoms with van der Waals surface area (Å²) in [7, 11) is 0. The van der Waals surface area contributed by atoms with Crippen LogP contribution in [-0.2, 0) is 11.2 Å². The first kappa shape index (κ1) is 15.8. The second-order valence-corrected chi connectivity index (χ2v) is 6.78. The summed E-state index contributed by atoms with van der Waals surface area (Å²) in [5.74, 6) is 0.688. The van der Waals surface area contributed by atoms with Gasteiger partial charge < -0.3 is 9.88 Å². The Hall–Kier alpha value is -2.69. The van der Waals surface area contributed by atoms with Crippen LogP contribution in [0.4, 0.5) is 0 Å². The van der Waals surface area contributed by atoms with Crippen LogP contribution in [0.1, 0.15) is 35.6 Å². The Morgan fingerprint density at radius 3 is 2.84 bits per heavy atom. The number of fused-ring (bicyclic) bond motifs is 1. The topological polar surface area (TPSA) is 61.9 Å². The van der Waals surface area contributed by atoms with Crippen molar-refractivity contribution in [3.8, 4) is 0 Å². The van der Waals surface area contributed by atoms with E-state index in [4.69, 9.17) is 0 Å². The maximum Gasteiger partial charge on any atom is 0.227 e. The number of hydrogen-bond donors (Lipinski definition) is 1. The Bertz CT molecular complexity index is 876. The van der Waals surface area contributed by atoms with E-state index in [1.165, 1.54) is 10.9 Å². The number of aromatic amines is 1. The van der Waals surface area contributed by atoms with Crippen LogP contribution < -0.4 is 0 Å². The lowest BCUT2D eigenvalue weighted by Crippen LogP contribution is -2.38. The predicted octanol–water partition coefficient (Wildman–Crippen LogP) is 3.22. The first-order valence-corrected chi connectivity index (χ1v) is 8.82. The number of amides is 1. The minimum Gasteiger partial charge on any atom is -0.346 e. The molecule has 0 spiro atoms. The molecule has 1 aliphatic rings. The maximum atomic E-state index is 12.5. The molecule has 5 heteroatoms. The fourth-order valence-corrected chi connectivity index (χ4v) is 3.64. The molecule has 4 rings (SSSR count). The van der Waals surface area contributed by atoms with Gasteiger partial charge >= 0.3 is 0 Å². The van der Waals surface area contributed by atoms with Crippen molar-refractivity contribution in [3.63, 3.8) is 0 Å². The molecule has 4 heterocycles. The summed E-state index contributed by atoms with van der Waals surface area (Å²) in [5.41, 5.74) is 4.24. The minimum absolute atomic E-state index is 0.199. The van der Waals surface area contributed by atoms with Crippen LogP contribution in [0.3, 0.4) is 0 Å². The van der Waals surface area contributed by atoms with Crippen molar-refractivity contribution in [2.24, 2.45) is 0 Å². The summed E-state index contributed by atoms with van der Waals surface area (Å²) in [5, 5.41) is 1.21. The van der Waals surface area contributed by atoms with E-state index < -0.39 is 0 Å². The summed E-state index contributed by atoms with van der Waals surface area (Å²) >= 11 is 0. The summed E-state index contributed by atoms with van der Waals surface area (Å²) in [6.07, 6.45) is 8.13. The van der Waals surface area contributed by atoms with Gasteiger partial charge in [0.2, 0.25) is 5.91 Å². The third kappa shape index (κ3) is 3.27. The van der Waals surface area contributed by atoms with Crippen molar-refractivity contribution >= 4 is 16.9 Å². The van der Waals surface area contributed by atoms with Crippen molar-refractivity contribution in [2.45, 2.75) is 32.1 Å². The average molecular weight is 334 g/mol. The Morgan fingerprint density at radius 1 is 1.24 bits per heavy atom. The van der Waals surface area contributed by atoms with Crippen LogP contribution in [0.15, 0.2) is 42.9 Å². The summed E-state index contributed by atoms with van der Waals surface area (Å²) in [6, 6.07) is 8.05. The molecule has 3 aromatic rings. The molecule has 1 aliphatic heterocycles. The summed E-state index contributed by atoms with van der Waals surface area (Å²) < 4.78 is 0. The highest BCUT2D eigenvalue weighted by molar-refractivity contribution is 5.81. The normalized spacial score (nSPS) is 15.6. The average Bonchev–Trinajstić information content (AvgIpc) is 3.08. The molecule has 0 bridgehead atoms. The number of nitrogens with one attached hydrogen (secondary N) is 1. The Labute approximate surface area is 147 Å². The molecule has 1 fully saturated rings. The lowest BCUT2D eigenvalue weighted by atomic mass is 9.89. The SMILES string of the molecule is Cc1ccc(CC(=O)N2CCC(c3c[nH]c4ncccc34)CC2)cn1. The number of pyridine rings is 2. The monoisotopic (exact) mass is 334 g/mol. The van der Waals surface area contributed by atoms with E-state index in [1.807, 2.05) is 36.2 Å². The number of piperidine rings is 1. The van der Waals surface area contributed by atoms with E-state index in [0.29, 0.717) is 12.3 Å². The third-order valence-corrected chi connectivity index (χ3v) is 5.10. The van der Waals surface area contributed by atoms with Crippen molar-refractivity contribution in [2.75, 3.05) is 13.1 Å². The molecule has 0 atom stereocenters. The molecule has 3 aromatic heterocycles. The van der Waals surface area contributed by atoms with Crippen molar-refractivity contribution < 1.29 is 4.79 Å². The molecule has 1 saturated heterocycles. The van der Waals surface area contributed by atoms with Gasteiger partial charge in [-0.3, -0.25) is 9.78 Å². The van der Waals surface area contributed by atoms with Crippen LogP contribution in [0.25, 0.3) is 11.0 Å². The first-order chi connectivity index (χ1) is 12.2. The number of aromatic nitrogens is 3. The van der Waals surface area contributed by atoms with Gasteiger partial charge in [0.25, 0.3) is 0 Å². The number of H-pyrrole nitrogens is 1. The molecule has 1 amide bonds. The number of hydrogen-bond acceptors (Lipinski definition) is 3. The zero-order valence-corrected chi connectivity index (χ0v) is 14.4. The number of nitrogens with zero attached hydrogens (tertiary/aromatic N) is 3. The highest BCUT2D eigenvalue weighted by atomic mass is 16.2. The van der Waals surface area contributed by atoms with Gasteiger partial charge in [-0.15, -0.1) is 0 Å². The van der Waals surface area contributed by atoms with Gasteiger partial charge in [-0.1, -0.05) is 6.07 Å². The molecule has 0 aromatic carbocycles. The van der Waals surface area contributed by atoms with E-state index in [9.17, 15) is 4.79 Å². The molecule has 5 nitrogen and oxygen atoms in total. The first-order valence-electron chi connectivity index (χ1n) is 8.82. The Morgan fingerprint density at radius 2 is 2.08 bits per heavy atom. The van der Waals surface area contributed by atoms with E-state index in [-0.39, 0.29) is 5.91 Å². The third-order valence-electron chi connectivity index (χ3n) is 5.10. The molecule has 0 unspecified atom stereocenters. The molecular formula is C20H22N4O. The maximum absolute atomic E-state index is 12.5. The molecule has 0 radical (unpaired) electrons. The fourth-order valence-electron chi connectivity index (χ4n) is 3.64. The molecule has 0 saturated carbocycles. The van der Waals surface area contributed by atoms with Crippen molar-refractivity contribution in [1.29, 1.82) is 0 Å². The van der Waals surface area contributed by atoms with Gasteiger partial charge in [0, 0.05) is 42.8 Å². The zero-order chi connectivity index (χ0) is 17.2. The van der Waals surface area contributed by atoms with E-state index in [0.717, 1.165) is 42.8 Å². The van der Waals surface area contributed by atoms with Crippen LogP contribution in [-0.4, -0.2) is 38.8 Å². The molecule has 25 heavy (non-hydrogen) atoms. The van der Waals surface area contributed by atoms with E-state index in [2.05, 4.69) is 27.2 Å². The molecule has 1 N–H and O–H groups in total. The number of aryl methyl sites for hydroxylation is 1. The van der Waals surface area contributed by atoms with Gasteiger partial charge in [0.05, 0.1) is 6.42 Å². The molecular weight excluding hydrogens is 312 g/mol. The predicted molar refractivity (Wildman–Crippen MR) is 97.3 cm³/mol. The largest absolute Gasteiger partial charge is 0.346 e. The van der Waals surface area contributed by atoms with Gasteiger partial charge in [-0.25, -0.2) is 4.98 Å². The smallest absolute Gasteiger partial charge is 0.227 e. The number of rotatable bonds is 3. The zero-order valence-electron chi connectivity index (χ0n) is 14.4. The number of likely N-dealkylation sites (tertiary alicyclic amines) is 1. The van der Waals surface area contributed by atoms with Crippen LogP contribution in [0.5, 0.6) is 0 Å². The van der Waals surface area contributed by atoms with E-state index >= 15 is 0 Å². The summed E-state index contributed by atoms with van der Waals surface area (Å²) in [4.78, 5) is 26.4. The quantitative estimate of drug-likeness (QED) is 0.800. The van der Waals surface area contributed by atoms with Gasteiger partial charge in [0.15, 0.2) is 0 Å². The lowest BCUT2D eigenvalue weighted by Gasteiger charge is -2.32. The standard InChI is InChI=1S/C20H22N4O/c1-14-4-5-15(12-22-14)11-19(25)24-9-6-16(7-10-24)18-13-23-20-17(18)3-2-8-21-20/h2-5,8,12-13,16H,6-7,9-11H2,1H3,(H,21,23). The van der Waals surface area contributed by atoms with Crippen molar-refractivity contribution in [3.05, 3.63) is 59.7 Å². The van der Waals surface area contributed by atoms with Gasteiger partial charge in [0.1, 0.15) is 5.65 Å². The van der Waals surface area contributed by atoms with Crippen LogP contribution >= 0.6 is 0 Å². The fraction of sp³-hybridized carbons (Fsp3) is 0.350. The van der Waals surface area contributed by atoms with Gasteiger partial charge in [-0.05, 0) is 55.0 Å². The van der Waals surface area contributed by atoms with Crippen LogP contribution in [0.2, 0.25) is 0 Å².